The topological polar surface area (TPSA) is 91.3 Å². The van der Waals surface area contributed by atoms with E-state index < -0.39 is 12.0 Å². The van der Waals surface area contributed by atoms with Crippen molar-refractivity contribution in [3.05, 3.63) is 44.9 Å². The van der Waals surface area contributed by atoms with Crippen LogP contribution in [0.1, 0.15) is 20.2 Å². The summed E-state index contributed by atoms with van der Waals surface area (Å²) < 4.78 is 0. The number of amides is 2. The normalized spacial score (nSPS) is 10.2. The molecule has 0 radical (unpaired) electrons. The van der Waals surface area contributed by atoms with Gasteiger partial charge in [0.2, 0.25) is 0 Å². The van der Waals surface area contributed by atoms with E-state index in [-0.39, 0.29) is 10.6 Å². The summed E-state index contributed by atoms with van der Waals surface area (Å²) in [6.07, 6.45) is 1.74. The van der Waals surface area contributed by atoms with Crippen LogP contribution >= 0.6 is 22.9 Å². The van der Waals surface area contributed by atoms with Crippen molar-refractivity contribution in [3.8, 4) is 0 Å². The van der Waals surface area contributed by atoms with Crippen LogP contribution < -0.4 is 10.6 Å². The van der Waals surface area contributed by atoms with Gasteiger partial charge in [0.15, 0.2) is 0 Å². The van der Waals surface area contributed by atoms with Gasteiger partial charge < -0.3 is 15.7 Å². The molecule has 0 saturated carbocycles. The number of nitrogens with zero attached hydrogens (tertiary/aromatic N) is 1. The van der Waals surface area contributed by atoms with E-state index in [1.54, 1.807) is 6.20 Å². The molecule has 1 heterocycles. The fourth-order valence-corrected chi connectivity index (χ4v) is 2.57. The van der Waals surface area contributed by atoms with Gasteiger partial charge >= 0.3 is 12.0 Å². The van der Waals surface area contributed by atoms with Gasteiger partial charge in [-0.3, -0.25) is 0 Å². The number of benzene rings is 1. The first-order valence-corrected chi connectivity index (χ1v) is 7.14. The van der Waals surface area contributed by atoms with E-state index in [0.29, 0.717) is 12.2 Å². The van der Waals surface area contributed by atoms with Crippen LogP contribution in [0, 0.1) is 6.92 Å². The molecule has 0 spiro atoms. The number of hydrogen-bond acceptors (Lipinski definition) is 4. The van der Waals surface area contributed by atoms with E-state index in [2.05, 4.69) is 15.6 Å². The number of hydrogen-bond donors (Lipinski definition) is 3. The predicted molar refractivity (Wildman–Crippen MR) is 81.1 cm³/mol. The molecule has 2 amide bonds. The van der Waals surface area contributed by atoms with Crippen LogP contribution in [0.25, 0.3) is 0 Å². The number of aryl methyl sites for hydroxylation is 1. The number of carboxylic acids is 1. The molecule has 0 bridgehead atoms. The minimum atomic E-state index is -1.12. The van der Waals surface area contributed by atoms with Crippen molar-refractivity contribution in [1.29, 1.82) is 0 Å². The van der Waals surface area contributed by atoms with Crippen LogP contribution in [0.4, 0.5) is 10.5 Å². The van der Waals surface area contributed by atoms with E-state index in [4.69, 9.17) is 16.7 Å². The van der Waals surface area contributed by atoms with Crippen LogP contribution in [0.5, 0.6) is 0 Å². The van der Waals surface area contributed by atoms with Crippen LogP contribution in [-0.4, -0.2) is 22.1 Å². The molecule has 21 heavy (non-hydrogen) atoms. The molecule has 3 N–H and O–H groups in total. The van der Waals surface area contributed by atoms with Gasteiger partial charge in [-0.05, 0) is 25.1 Å². The van der Waals surface area contributed by atoms with Crippen molar-refractivity contribution in [3.63, 3.8) is 0 Å². The lowest BCUT2D eigenvalue weighted by atomic mass is 10.2. The minimum absolute atomic E-state index is 0.0131. The van der Waals surface area contributed by atoms with Crippen molar-refractivity contribution in [1.82, 2.24) is 10.3 Å². The van der Waals surface area contributed by atoms with Gasteiger partial charge in [0.1, 0.15) is 5.01 Å². The van der Waals surface area contributed by atoms with Crippen molar-refractivity contribution < 1.29 is 14.7 Å². The van der Waals surface area contributed by atoms with Gasteiger partial charge in [-0.2, -0.15) is 0 Å². The number of urea groups is 1. The third-order valence-corrected chi connectivity index (χ3v) is 3.75. The Kier molecular flexibility index (Phi) is 4.77. The SMILES string of the molecule is Cc1cnc(CNC(=O)Nc2ccc(C(=O)O)c(Cl)c2)s1. The maximum absolute atomic E-state index is 11.7. The average molecular weight is 326 g/mol. The second kappa shape index (κ2) is 6.55. The monoisotopic (exact) mass is 325 g/mol. The first kappa shape index (κ1) is 15.3. The third-order valence-electron chi connectivity index (χ3n) is 2.53. The molecule has 0 atom stereocenters. The van der Waals surface area contributed by atoms with Crippen LogP contribution in [-0.2, 0) is 6.54 Å². The van der Waals surface area contributed by atoms with Crippen LogP contribution in [0.15, 0.2) is 24.4 Å². The van der Waals surface area contributed by atoms with E-state index in [1.807, 2.05) is 6.92 Å². The summed E-state index contributed by atoms with van der Waals surface area (Å²) in [5.74, 6) is -1.12. The Morgan fingerprint density at radius 1 is 1.43 bits per heavy atom. The van der Waals surface area contributed by atoms with Crippen molar-refractivity contribution in [2.24, 2.45) is 0 Å². The highest BCUT2D eigenvalue weighted by molar-refractivity contribution is 7.11. The molecule has 0 aliphatic rings. The molecule has 0 unspecified atom stereocenters. The Bertz CT molecular complexity index is 687. The molecule has 0 fully saturated rings. The number of thiazole rings is 1. The highest BCUT2D eigenvalue weighted by Crippen LogP contribution is 2.21. The van der Waals surface area contributed by atoms with Gasteiger partial charge in [-0.15, -0.1) is 11.3 Å². The number of aromatic nitrogens is 1. The number of aromatic carboxylic acids is 1. The van der Waals surface area contributed by atoms with Gasteiger partial charge in [0, 0.05) is 16.8 Å². The summed E-state index contributed by atoms with van der Waals surface area (Å²) in [4.78, 5) is 27.7. The molecule has 0 aliphatic carbocycles. The second-order valence-electron chi connectivity index (χ2n) is 4.17. The van der Waals surface area contributed by atoms with Gasteiger partial charge in [-0.25, -0.2) is 14.6 Å². The number of anilines is 1. The molecule has 0 saturated heterocycles. The summed E-state index contributed by atoms with van der Waals surface area (Å²) >= 11 is 7.33. The zero-order chi connectivity index (χ0) is 15.4. The first-order chi connectivity index (χ1) is 9.95. The van der Waals surface area contributed by atoms with Gasteiger partial charge in [0.05, 0.1) is 17.1 Å². The highest BCUT2D eigenvalue weighted by atomic mass is 35.5. The molecular formula is C13H12ClN3O3S. The fraction of sp³-hybridized carbons (Fsp3) is 0.154. The minimum Gasteiger partial charge on any atom is -0.478 e. The second-order valence-corrected chi connectivity index (χ2v) is 5.90. The molecule has 1 aromatic carbocycles. The lowest BCUT2D eigenvalue weighted by Gasteiger charge is -2.07. The summed E-state index contributed by atoms with van der Waals surface area (Å²) in [6, 6.07) is 3.78. The molecule has 110 valence electrons. The van der Waals surface area contributed by atoms with Crippen molar-refractivity contribution in [2.45, 2.75) is 13.5 Å². The number of carbonyl (C=O) groups is 2. The number of halogens is 1. The number of rotatable bonds is 4. The van der Waals surface area contributed by atoms with E-state index in [9.17, 15) is 9.59 Å². The van der Waals surface area contributed by atoms with Gasteiger partial charge in [-0.1, -0.05) is 11.6 Å². The molecular weight excluding hydrogens is 314 g/mol. The predicted octanol–water partition coefficient (Wildman–Crippen LogP) is 3.12. The van der Waals surface area contributed by atoms with Crippen LogP contribution in [0.3, 0.4) is 0 Å². The molecule has 6 nitrogen and oxygen atoms in total. The molecule has 0 aliphatic heterocycles. The molecule has 2 rings (SSSR count). The van der Waals surface area contributed by atoms with E-state index >= 15 is 0 Å². The smallest absolute Gasteiger partial charge is 0.337 e. The lowest BCUT2D eigenvalue weighted by molar-refractivity contribution is 0.0697. The summed E-state index contributed by atoms with van der Waals surface area (Å²) in [6.45, 7) is 2.26. The van der Waals surface area contributed by atoms with Gasteiger partial charge in [0.25, 0.3) is 0 Å². The lowest BCUT2D eigenvalue weighted by Crippen LogP contribution is -2.28. The Morgan fingerprint density at radius 3 is 2.76 bits per heavy atom. The third kappa shape index (κ3) is 4.17. The average Bonchev–Trinajstić information content (AvgIpc) is 2.82. The molecule has 1 aromatic heterocycles. The number of carboxylic acid groups (broad SMARTS) is 1. The molecule has 8 heteroatoms. The highest BCUT2D eigenvalue weighted by Gasteiger charge is 2.10. The van der Waals surface area contributed by atoms with Crippen molar-refractivity contribution >= 4 is 40.6 Å². The van der Waals surface area contributed by atoms with Crippen LogP contribution in [0.2, 0.25) is 5.02 Å². The Labute approximate surface area is 129 Å². The largest absolute Gasteiger partial charge is 0.478 e. The summed E-state index contributed by atoms with van der Waals surface area (Å²) in [5.41, 5.74) is 0.402. The van der Waals surface area contributed by atoms with Crippen molar-refractivity contribution in [2.75, 3.05) is 5.32 Å². The maximum atomic E-state index is 11.7. The fourth-order valence-electron chi connectivity index (χ4n) is 1.58. The Hall–Kier alpha value is -2.12. The first-order valence-electron chi connectivity index (χ1n) is 5.94. The zero-order valence-corrected chi connectivity index (χ0v) is 12.6. The van der Waals surface area contributed by atoms with E-state index in [0.717, 1.165) is 9.88 Å². The number of nitrogens with one attached hydrogen (secondary N) is 2. The van der Waals surface area contributed by atoms with E-state index in [1.165, 1.54) is 29.5 Å². The zero-order valence-electron chi connectivity index (χ0n) is 11.0. The molecule has 2 aromatic rings. The standard InChI is InChI=1S/C13H12ClN3O3S/c1-7-5-15-11(21-7)6-16-13(20)17-8-2-3-9(12(18)19)10(14)4-8/h2-5H,6H2,1H3,(H,18,19)(H2,16,17,20). The summed E-state index contributed by atoms with van der Waals surface area (Å²) in [7, 11) is 0. The summed E-state index contributed by atoms with van der Waals surface area (Å²) in [5, 5.41) is 15.0. The maximum Gasteiger partial charge on any atom is 0.337 e. The Balaban J connectivity index is 1.93. The Morgan fingerprint density at radius 2 is 2.19 bits per heavy atom. The number of carbonyl (C=O) groups excluding carboxylic acids is 1. The quantitative estimate of drug-likeness (QED) is 0.805.